The molecule has 6 heteroatoms. The van der Waals surface area contributed by atoms with E-state index in [-0.39, 0.29) is 6.42 Å². The molecule has 0 bridgehead atoms. The molecule has 0 aliphatic rings. The molecule has 132 valence electrons. The molecule has 0 saturated heterocycles. The highest BCUT2D eigenvalue weighted by Crippen LogP contribution is 2.35. The number of hydrogen-bond acceptors (Lipinski definition) is 5. The van der Waals surface area contributed by atoms with Crippen molar-refractivity contribution in [1.82, 2.24) is 0 Å². The number of nitrogens with two attached hydrogens (primary N) is 2. The highest BCUT2D eigenvalue weighted by atomic mass is 35.5. The lowest BCUT2D eigenvalue weighted by atomic mass is 9.93. The molecule has 5 nitrogen and oxygen atoms in total. The Hall–Kier alpha value is -1.82. The van der Waals surface area contributed by atoms with Crippen LogP contribution in [0.2, 0.25) is 5.02 Å². The average Bonchev–Trinajstić information content (AvgIpc) is 2.37. The second-order valence-electron chi connectivity index (χ2n) is 6.95. The van der Waals surface area contributed by atoms with Gasteiger partial charge in [0.15, 0.2) is 0 Å². The van der Waals surface area contributed by atoms with Crippen molar-refractivity contribution in [2.75, 3.05) is 5.73 Å². The predicted molar refractivity (Wildman–Crippen MR) is 102 cm³/mol. The minimum Gasteiger partial charge on any atom is -0.402 e. The molecule has 0 unspecified atom stereocenters. The lowest BCUT2D eigenvalue weighted by molar-refractivity contribution is 0.0791. The molecular weight excluding hydrogens is 326 g/mol. The lowest BCUT2D eigenvalue weighted by Gasteiger charge is -2.22. The number of benzene rings is 1. The van der Waals surface area contributed by atoms with Crippen molar-refractivity contribution in [3.05, 3.63) is 46.3 Å². The Morgan fingerprint density at radius 2 is 1.88 bits per heavy atom. The van der Waals surface area contributed by atoms with Gasteiger partial charge in [-0.1, -0.05) is 11.6 Å². The zero-order valence-corrected chi connectivity index (χ0v) is 15.4. The Labute approximate surface area is 148 Å². The second kappa shape index (κ2) is 7.38. The van der Waals surface area contributed by atoms with E-state index in [4.69, 9.17) is 23.1 Å². The van der Waals surface area contributed by atoms with Crippen LogP contribution in [-0.4, -0.2) is 22.5 Å². The maximum Gasteiger partial charge on any atom is 0.0860 e. The standard InChI is InChI=1S/C18H26ClN3O2/c1-17(2,23)9-12(20)6-11(10-22-5)13-7-16(21)14(8-15(13)19)18(3,4)24/h6-8,10,23-24H,5,9,20-21H2,1-4H3/b11-10+,12-6+. The van der Waals surface area contributed by atoms with Gasteiger partial charge >= 0.3 is 0 Å². The molecule has 0 saturated carbocycles. The highest BCUT2D eigenvalue weighted by molar-refractivity contribution is 6.32. The van der Waals surface area contributed by atoms with E-state index in [2.05, 4.69) is 11.7 Å². The van der Waals surface area contributed by atoms with E-state index in [0.717, 1.165) is 0 Å². The number of aliphatic imine (C=N–C) groups is 1. The van der Waals surface area contributed by atoms with Crippen molar-refractivity contribution in [3.8, 4) is 0 Å². The molecule has 0 spiro atoms. The molecule has 1 aromatic carbocycles. The maximum absolute atomic E-state index is 10.2. The molecule has 0 atom stereocenters. The molecule has 0 aromatic heterocycles. The third-order valence-corrected chi connectivity index (χ3v) is 3.63. The summed E-state index contributed by atoms with van der Waals surface area (Å²) in [5.41, 5.74) is 12.7. The van der Waals surface area contributed by atoms with Crippen LogP contribution in [0.3, 0.4) is 0 Å². The summed E-state index contributed by atoms with van der Waals surface area (Å²) in [5, 5.41) is 20.4. The van der Waals surface area contributed by atoms with E-state index in [0.29, 0.717) is 33.1 Å². The third-order valence-electron chi connectivity index (χ3n) is 3.32. The smallest absolute Gasteiger partial charge is 0.0860 e. The number of halogens is 1. The van der Waals surface area contributed by atoms with Crippen LogP contribution in [0.25, 0.3) is 5.57 Å². The van der Waals surface area contributed by atoms with Crippen LogP contribution >= 0.6 is 11.6 Å². The van der Waals surface area contributed by atoms with Gasteiger partial charge in [-0.3, -0.25) is 4.99 Å². The molecule has 0 aliphatic carbocycles. The Bertz CT molecular complexity index is 681. The van der Waals surface area contributed by atoms with Crippen molar-refractivity contribution in [2.45, 2.75) is 45.3 Å². The molecule has 0 aliphatic heterocycles. The van der Waals surface area contributed by atoms with Crippen LogP contribution in [0.1, 0.15) is 45.2 Å². The Balaban J connectivity index is 3.39. The Morgan fingerprint density at radius 3 is 2.33 bits per heavy atom. The summed E-state index contributed by atoms with van der Waals surface area (Å²) in [6.45, 7) is 10.1. The molecule has 0 amide bonds. The fourth-order valence-electron chi connectivity index (χ4n) is 2.37. The fraction of sp³-hybridized carbons (Fsp3) is 0.389. The van der Waals surface area contributed by atoms with E-state index in [1.807, 2.05) is 0 Å². The number of aliphatic hydroxyl groups is 2. The molecule has 1 rings (SSSR count). The minimum atomic E-state index is -1.11. The first-order chi connectivity index (χ1) is 10.8. The topological polar surface area (TPSA) is 105 Å². The van der Waals surface area contributed by atoms with E-state index in [1.165, 1.54) is 6.20 Å². The summed E-state index contributed by atoms with van der Waals surface area (Å²) < 4.78 is 0. The minimum absolute atomic E-state index is 0.288. The quantitative estimate of drug-likeness (QED) is 0.359. The van der Waals surface area contributed by atoms with Crippen LogP contribution < -0.4 is 11.5 Å². The summed E-state index contributed by atoms with van der Waals surface area (Å²) in [5.74, 6) is 0. The predicted octanol–water partition coefficient (Wildman–Crippen LogP) is 3.19. The number of nitrogens with zero attached hydrogens (tertiary/aromatic N) is 1. The first kappa shape index (κ1) is 20.2. The lowest BCUT2D eigenvalue weighted by Crippen LogP contribution is -2.21. The van der Waals surface area contributed by atoms with Crippen LogP contribution in [0.4, 0.5) is 5.69 Å². The number of nitrogen functional groups attached to an aromatic ring is 1. The average molecular weight is 352 g/mol. The molecule has 6 N–H and O–H groups in total. The largest absolute Gasteiger partial charge is 0.402 e. The van der Waals surface area contributed by atoms with Crippen molar-refractivity contribution in [3.63, 3.8) is 0 Å². The van der Waals surface area contributed by atoms with E-state index >= 15 is 0 Å². The number of hydrogen-bond donors (Lipinski definition) is 4. The van der Waals surface area contributed by atoms with Crippen molar-refractivity contribution < 1.29 is 10.2 Å². The SMILES string of the molecule is C=N/C=C(\C=C(\N)CC(C)(C)O)c1cc(N)c(C(C)(C)O)cc1Cl. The van der Waals surface area contributed by atoms with Crippen LogP contribution in [0.15, 0.2) is 35.1 Å². The normalized spacial score (nSPS) is 14.0. The monoisotopic (exact) mass is 351 g/mol. The van der Waals surface area contributed by atoms with Gasteiger partial charge in [-0.05, 0) is 52.6 Å². The van der Waals surface area contributed by atoms with Gasteiger partial charge in [-0.15, -0.1) is 0 Å². The van der Waals surface area contributed by atoms with Gasteiger partial charge in [-0.25, -0.2) is 0 Å². The summed E-state index contributed by atoms with van der Waals surface area (Å²) >= 11 is 6.37. The maximum atomic E-state index is 10.2. The van der Waals surface area contributed by atoms with Gasteiger partial charge in [0.2, 0.25) is 0 Å². The summed E-state index contributed by atoms with van der Waals surface area (Å²) in [4.78, 5) is 3.78. The van der Waals surface area contributed by atoms with E-state index in [9.17, 15) is 10.2 Å². The second-order valence-corrected chi connectivity index (χ2v) is 7.36. The number of rotatable bonds is 6. The van der Waals surface area contributed by atoms with Gasteiger partial charge in [0.25, 0.3) is 0 Å². The van der Waals surface area contributed by atoms with E-state index < -0.39 is 11.2 Å². The first-order valence-corrected chi connectivity index (χ1v) is 7.89. The van der Waals surface area contributed by atoms with Crippen LogP contribution in [0.5, 0.6) is 0 Å². The zero-order valence-electron chi connectivity index (χ0n) is 14.6. The molecule has 24 heavy (non-hydrogen) atoms. The molecule has 1 aromatic rings. The molecule has 0 fully saturated rings. The van der Waals surface area contributed by atoms with Crippen LogP contribution in [0, 0.1) is 0 Å². The summed E-state index contributed by atoms with van der Waals surface area (Å²) in [6.07, 6.45) is 3.48. The Morgan fingerprint density at radius 1 is 1.29 bits per heavy atom. The van der Waals surface area contributed by atoms with Gasteiger partial charge in [0.05, 0.1) is 11.2 Å². The number of anilines is 1. The molecular formula is C18H26ClN3O2. The van der Waals surface area contributed by atoms with Gasteiger partial charge in [0, 0.05) is 45.7 Å². The summed E-state index contributed by atoms with van der Waals surface area (Å²) in [6, 6.07) is 3.30. The van der Waals surface area contributed by atoms with Gasteiger partial charge in [-0.2, -0.15) is 0 Å². The van der Waals surface area contributed by atoms with Crippen molar-refractivity contribution in [2.24, 2.45) is 10.7 Å². The van der Waals surface area contributed by atoms with Crippen molar-refractivity contribution in [1.29, 1.82) is 0 Å². The van der Waals surface area contributed by atoms with Gasteiger partial charge < -0.3 is 21.7 Å². The molecule has 0 radical (unpaired) electrons. The summed E-state index contributed by atoms with van der Waals surface area (Å²) in [7, 11) is 0. The zero-order chi connectivity index (χ0) is 18.7. The third kappa shape index (κ3) is 5.67. The highest BCUT2D eigenvalue weighted by Gasteiger charge is 2.22. The molecule has 0 heterocycles. The van der Waals surface area contributed by atoms with E-state index in [1.54, 1.807) is 45.9 Å². The number of allylic oxidation sites excluding steroid dienone is 2. The first-order valence-electron chi connectivity index (χ1n) is 7.52. The van der Waals surface area contributed by atoms with Crippen molar-refractivity contribution >= 4 is 29.6 Å². The fourth-order valence-corrected chi connectivity index (χ4v) is 2.65. The van der Waals surface area contributed by atoms with Gasteiger partial charge in [0.1, 0.15) is 0 Å². The Kier molecular flexibility index (Phi) is 6.22. The van der Waals surface area contributed by atoms with Crippen LogP contribution in [-0.2, 0) is 5.60 Å².